The van der Waals surface area contributed by atoms with Crippen molar-refractivity contribution in [1.29, 1.82) is 0 Å². The number of nitrogens with one attached hydrogen (secondary N) is 1. The molecule has 1 fully saturated rings. The second-order valence-corrected chi connectivity index (χ2v) is 5.14. The molecule has 128 valence electrons. The zero-order chi connectivity index (χ0) is 17.2. The lowest BCUT2D eigenvalue weighted by molar-refractivity contribution is -0.161. The van der Waals surface area contributed by atoms with Crippen LogP contribution in [0.2, 0.25) is 0 Å². The first-order valence-corrected chi connectivity index (χ1v) is 7.29. The monoisotopic (exact) mass is 327 g/mol. The molecule has 23 heavy (non-hydrogen) atoms. The molecule has 0 aromatic carbocycles. The fourth-order valence-corrected chi connectivity index (χ4v) is 1.58. The van der Waals surface area contributed by atoms with Crippen LogP contribution in [0.25, 0.3) is 5.53 Å². The van der Waals surface area contributed by atoms with Crippen molar-refractivity contribution in [2.24, 2.45) is 0 Å². The highest BCUT2D eigenvalue weighted by atomic mass is 16.7. The summed E-state index contributed by atoms with van der Waals surface area (Å²) >= 11 is 0. The van der Waals surface area contributed by atoms with E-state index in [0.29, 0.717) is 0 Å². The van der Waals surface area contributed by atoms with Crippen LogP contribution >= 0.6 is 0 Å². The predicted octanol–water partition coefficient (Wildman–Crippen LogP) is -0.164. The predicted molar refractivity (Wildman–Crippen MR) is 77.4 cm³/mol. The highest BCUT2D eigenvalue weighted by Crippen LogP contribution is 2.23. The summed E-state index contributed by atoms with van der Waals surface area (Å²) in [6, 6.07) is -1.01. The van der Waals surface area contributed by atoms with Gasteiger partial charge in [-0.15, -0.1) is 0 Å². The minimum Gasteiger partial charge on any atom is -0.437 e. The van der Waals surface area contributed by atoms with Crippen LogP contribution in [0.1, 0.15) is 32.6 Å². The van der Waals surface area contributed by atoms with Crippen LogP contribution in [0, 0.1) is 0 Å². The summed E-state index contributed by atoms with van der Waals surface area (Å²) in [5, 5.41) is 2.47. The average molecular weight is 327 g/mol. The van der Waals surface area contributed by atoms with Gasteiger partial charge in [0.2, 0.25) is 11.7 Å². The van der Waals surface area contributed by atoms with Gasteiger partial charge in [0.25, 0.3) is 0 Å². The van der Waals surface area contributed by atoms with Crippen molar-refractivity contribution in [2.75, 3.05) is 13.9 Å². The molecular formula is C14H21N3O6. The van der Waals surface area contributed by atoms with Gasteiger partial charge in [0.05, 0.1) is 6.10 Å². The first-order valence-electron chi connectivity index (χ1n) is 7.29. The zero-order valence-corrected chi connectivity index (χ0v) is 13.2. The standard InChI is InChI=1S/C14H21N3O6/c1-9(21-2)13(19)17-12(6-3-10(18)7-16-15)14(20)23-8-22-11-4-5-11/h7,9,11-12H,3-6,8H2,1-2H3,(H,17,19)/t9-,12-/m0/s1. The van der Waals surface area contributed by atoms with Crippen molar-refractivity contribution < 1.29 is 33.4 Å². The molecular weight excluding hydrogens is 306 g/mol. The van der Waals surface area contributed by atoms with E-state index in [1.54, 1.807) is 0 Å². The number of methoxy groups -OCH3 is 1. The van der Waals surface area contributed by atoms with E-state index < -0.39 is 29.8 Å². The summed E-state index contributed by atoms with van der Waals surface area (Å²) in [7, 11) is 1.36. The van der Waals surface area contributed by atoms with Crippen LogP contribution in [-0.4, -0.2) is 60.8 Å². The third kappa shape index (κ3) is 7.64. The SMILES string of the molecule is CO[C@@H](C)C(=O)N[C@@H](CCC(=O)C=[N+]=[N-])C(=O)OCOC1CC1. The number of rotatable bonds is 11. The maximum atomic E-state index is 12.0. The summed E-state index contributed by atoms with van der Waals surface area (Å²) < 4.78 is 15.0. The van der Waals surface area contributed by atoms with Crippen molar-refractivity contribution in [2.45, 2.75) is 50.9 Å². The number of Topliss-reactive ketones (excluding diaryl/α,β-unsaturated/α-hetero) is 1. The van der Waals surface area contributed by atoms with E-state index >= 15 is 0 Å². The highest BCUT2D eigenvalue weighted by molar-refractivity contribution is 6.25. The summed E-state index contributed by atoms with van der Waals surface area (Å²) in [6.45, 7) is 1.33. The lowest BCUT2D eigenvalue weighted by atomic mass is 10.1. The molecule has 1 N–H and O–H groups in total. The summed E-state index contributed by atoms with van der Waals surface area (Å²) in [5.41, 5.74) is 8.29. The molecule has 0 bridgehead atoms. The number of hydrogen-bond acceptors (Lipinski definition) is 6. The maximum absolute atomic E-state index is 12.0. The fraction of sp³-hybridized carbons (Fsp3) is 0.714. The number of ether oxygens (including phenoxy) is 3. The normalized spacial score (nSPS) is 15.9. The zero-order valence-electron chi connectivity index (χ0n) is 13.2. The Balaban J connectivity index is 2.53. The minimum atomic E-state index is -1.01. The van der Waals surface area contributed by atoms with Crippen LogP contribution in [0.3, 0.4) is 0 Å². The number of carbonyl (C=O) groups excluding carboxylic acids is 3. The van der Waals surface area contributed by atoms with Crippen molar-refractivity contribution in [3.63, 3.8) is 0 Å². The first kappa shape index (κ1) is 19.0. The molecule has 1 aliphatic carbocycles. The van der Waals surface area contributed by atoms with Gasteiger partial charge in [-0.3, -0.25) is 9.59 Å². The molecule has 0 unspecified atom stereocenters. The Morgan fingerprint density at radius 2 is 2.09 bits per heavy atom. The molecule has 0 aliphatic heterocycles. The van der Waals surface area contributed by atoms with Gasteiger partial charge in [-0.05, 0) is 26.2 Å². The number of nitrogens with zero attached hydrogens (tertiary/aromatic N) is 2. The van der Waals surface area contributed by atoms with Crippen molar-refractivity contribution >= 4 is 23.9 Å². The molecule has 1 amide bonds. The molecule has 0 aromatic rings. The molecule has 0 spiro atoms. The largest absolute Gasteiger partial charge is 0.437 e. The van der Waals surface area contributed by atoms with Gasteiger partial charge in [0, 0.05) is 13.5 Å². The van der Waals surface area contributed by atoms with Crippen molar-refractivity contribution in [3.8, 4) is 0 Å². The molecule has 0 radical (unpaired) electrons. The Morgan fingerprint density at radius 1 is 1.39 bits per heavy atom. The lowest BCUT2D eigenvalue weighted by Gasteiger charge is -2.19. The quantitative estimate of drug-likeness (QED) is 0.185. The smallest absolute Gasteiger partial charge is 0.330 e. The van der Waals surface area contributed by atoms with E-state index in [4.69, 9.17) is 19.7 Å². The lowest BCUT2D eigenvalue weighted by Crippen LogP contribution is -2.46. The van der Waals surface area contributed by atoms with Crippen molar-refractivity contribution in [3.05, 3.63) is 5.53 Å². The molecule has 1 aliphatic rings. The van der Waals surface area contributed by atoms with Gasteiger partial charge in [-0.2, -0.15) is 4.79 Å². The van der Waals surface area contributed by atoms with Crippen LogP contribution in [0.4, 0.5) is 0 Å². The van der Waals surface area contributed by atoms with Crippen LogP contribution in [0.5, 0.6) is 0 Å². The Bertz CT molecular complexity index is 485. The Labute approximate surface area is 133 Å². The third-order valence-electron chi connectivity index (χ3n) is 3.23. The summed E-state index contributed by atoms with van der Waals surface area (Å²) in [6.07, 6.45) is 1.92. The Hall–Kier alpha value is -2.09. The van der Waals surface area contributed by atoms with E-state index in [2.05, 4.69) is 10.1 Å². The average Bonchev–Trinajstić information content (AvgIpc) is 3.34. The van der Waals surface area contributed by atoms with E-state index in [1.165, 1.54) is 14.0 Å². The molecule has 0 heterocycles. The van der Waals surface area contributed by atoms with E-state index in [-0.39, 0.29) is 25.7 Å². The number of hydrogen-bond donors (Lipinski definition) is 1. The van der Waals surface area contributed by atoms with Crippen LogP contribution in [-0.2, 0) is 28.6 Å². The molecule has 0 saturated heterocycles. The number of carbonyl (C=O) groups is 3. The molecule has 1 saturated carbocycles. The van der Waals surface area contributed by atoms with E-state index in [1.807, 2.05) is 0 Å². The molecule has 9 heteroatoms. The van der Waals surface area contributed by atoms with Gasteiger partial charge in [-0.1, -0.05) is 0 Å². The van der Waals surface area contributed by atoms with Crippen LogP contribution in [0.15, 0.2) is 0 Å². The molecule has 9 nitrogen and oxygen atoms in total. The number of ketones is 1. The van der Waals surface area contributed by atoms with E-state index in [9.17, 15) is 14.4 Å². The summed E-state index contributed by atoms with van der Waals surface area (Å²) in [4.78, 5) is 37.8. The summed E-state index contributed by atoms with van der Waals surface area (Å²) in [5.74, 6) is -1.68. The van der Waals surface area contributed by atoms with Gasteiger partial charge in [0.15, 0.2) is 6.79 Å². The van der Waals surface area contributed by atoms with E-state index in [0.717, 1.165) is 19.1 Å². The second-order valence-electron chi connectivity index (χ2n) is 5.14. The highest BCUT2D eigenvalue weighted by Gasteiger charge is 2.27. The third-order valence-corrected chi connectivity index (χ3v) is 3.23. The van der Waals surface area contributed by atoms with Gasteiger partial charge < -0.3 is 25.1 Å². The molecule has 1 rings (SSSR count). The van der Waals surface area contributed by atoms with Gasteiger partial charge >= 0.3 is 12.2 Å². The second kappa shape index (κ2) is 9.83. The molecule has 2 atom stereocenters. The topological polar surface area (TPSA) is 127 Å². The van der Waals surface area contributed by atoms with Crippen molar-refractivity contribution in [1.82, 2.24) is 5.32 Å². The fourth-order valence-electron chi connectivity index (χ4n) is 1.58. The number of esters is 1. The minimum absolute atomic E-state index is 0.00922. The van der Waals surface area contributed by atoms with Gasteiger partial charge in [-0.25, -0.2) is 4.79 Å². The maximum Gasteiger partial charge on any atom is 0.330 e. The number of amides is 1. The van der Waals surface area contributed by atoms with Gasteiger partial charge in [0.1, 0.15) is 12.1 Å². The Kier molecular flexibility index (Phi) is 8.10. The van der Waals surface area contributed by atoms with Crippen LogP contribution < -0.4 is 5.32 Å². The molecule has 0 aromatic heterocycles. The Morgan fingerprint density at radius 3 is 2.65 bits per heavy atom. The first-order chi connectivity index (χ1) is 11.0.